The summed E-state index contributed by atoms with van der Waals surface area (Å²) in [5.74, 6) is 0.250. The predicted molar refractivity (Wildman–Crippen MR) is 139 cm³/mol. The van der Waals surface area contributed by atoms with Crippen LogP contribution < -0.4 is 13.9 Å². The molecule has 3 aromatic carbocycles. The minimum Gasteiger partial charge on any atom is -0.497 e. The molecule has 0 spiro atoms. The zero-order valence-corrected chi connectivity index (χ0v) is 21.4. The first-order valence-corrected chi connectivity index (χ1v) is 13.2. The zero-order valence-electron chi connectivity index (χ0n) is 19.1. The van der Waals surface area contributed by atoms with Gasteiger partial charge in [0.15, 0.2) is 0 Å². The van der Waals surface area contributed by atoms with Crippen molar-refractivity contribution in [2.75, 3.05) is 49.0 Å². The maximum atomic E-state index is 13.6. The second-order valence-corrected chi connectivity index (χ2v) is 10.7. The van der Waals surface area contributed by atoms with Gasteiger partial charge in [-0.25, -0.2) is 8.42 Å². The Balaban J connectivity index is 1.54. The minimum absolute atomic E-state index is 0.0526. The van der Waals surface area contributed by atoms with E-state index in [4.69, 9.17) is 27.9 Å². The SMILES string of the molecule is COc1ccc(S(=O)(=O)N(CC(=O)N2CCN(c3cccc(Cl)c3)CC2)c2cccc(Cl)c2)cc1. The van der Waals surface area contributed by atoms with Crippen LogP contribution in [-0.2, 0) is 14.8 Å². The average Bonchev–Trinajstić information content (AvgIpc) is 2.87. The molecular formula is C25H25Cl2N3O4S. The second kappa shape index (κ2) is 10.8. The topological polar surface area (TPSA) is 70.2 Å². The highest BCUT2D eigenvalue weighted by atomic mass is 35.5. The van der Waals surface area contributed by atoms with Crippen molar-refractivity contribution in [3.63, 3.8) is 0 Å². The first kappa shape index (κ1) is 25.2. The number of sulfonamides is 1. The summed E-state index contributed by atoms with van der Waals surface area (Å²) in [6.07, 6.45) is 0. The van der Waals surface area contributed by atoms with Crippen molar-refractivity contribution >= 4 is 50.5 Å². The summed E-state index contributed by atoms with van der Waals surface area (Å²) in [5.41, 5.74) is 1.31. The third kappa shape index (κ3) is 5.83. The van der Waals surface area contributed by atoms with E-state index >= 15 is 0 Å². The number of anilines is 2. The van der Waals surface area contributed by atoms with Gasteiger partial charge >= 0.3 is 0 Å². The monoisotopic (exact) mass is 533 g/mol. The van der Waals surface area contributed by atoms with E-state index < -0.39 is 10.0 Å². The van der Waals surface area contributed by atoms with E-state index in [0.29, 0.717) is 47.7 Å². The number of halogens is 2. The molecular weight excluding hydrogens is 509 g/mol. The molecule has 0 unspecified atom stereocenters. The Morgan fingerprint density at radius 3 is 2.14 bits per heavy atom. The molecule has 1 heterocycles. The van der Waals surface area contributed by atoms with E-state index in [-0.39, 0.29) is 17.3 Å². The van der Waals surface area contributed by atoms with Gasteiger partial charge in [-0.2, -0.15) is 0 Å². The van der Waals surface area contributed by atoms with Gasteiger partial charge in [0.1, 0.15) is 12.3 Å². The van der Waals surface area contributed by atoms with E-state index in [9.17, 15) is 13.2 Å². The van der Waals surface area contributed by atoms with Crippen LogP contribution in [0, 0.1) is 0 Å². The molecule has 1 saturated heterocycles. The van der Waals surface area contributed by atoms with Crippen LogP contribution in [-0.4, -0.2) is 59.1 Å². The molecule has 4 rings (SSSR count). The molecule has 184 valence electrons. The summed E-state index contributed by atoms with van der Waals surface area (Å²) in [4.78, 5) is 17.2. The van der Waals surface area contributed by atoms with Crippen LogP contribution in [0.5, 0.6) is 5.75 Å². The number of hydrogen-bond acceptors (Lipinski definition) is 5. The fraction of sp³-hybridized carbons (Fsp3) is 0.240. The Labute approximate surface area is 215 Å². The van der Waals surface area contributed by atoms with Crippen LogP contribution >= 0.6 is 23.2 Å². The maximum Gasteiger partial charge on any atom is 0.264 e. The van der Waals surface area contributed by atoms with E-state index in [1.165, 1.54) is 25.3 Å². The van der Waals surface area contributed by atoms with Crippen molar-refractivity contribution in [1.82, 2.24) is 4.90 Å². The van der Waals surface area contributed by atoms with Crippen LogP contribution in [0.3, 0.4) is 0 Å². The van der Waals surface area contributed by atoms with Gasteiger partial charge in [0, 0.05) is 41.9 Å². The number of methoxy groups -OCH3 is 1. The van der Waals surface area contributed by atoms with Gasteiger partial charge in [-0.05, 0) is 60.7 Å². The predicted octanol–water partition coefficient (Wildman–Crippen LogP) is 4.55. The van der Waals surface area contributed by atoms with Gasteiger partial charge in [0.2, 0.25) is 5.91 Å². The number of ether oxygens (including phenoxy) is 1. The van der Waals surface area contributed by atoms with Crippen molar-refractivity contribution in [2.24, 2.45) is 0 Å². The van der Waals surface area contributed by atoms with Gasteiger partial charge in [-0.15, -0.1) is 0 Å². The summed E-state index contributed by atoms with van der Waals surface area (Å²) >= 11 is 12.3. The fourth-order valence-corrected chi connectivity index (χ4v) is 5.71. The Hall–Kier alpha value is -2.94. The van der Waals surface area contributed by atoms with Gasteiger partial charge in [0.05, 0.1) is 17.7 Å². The highest BCUT2D eigenvalue weighted by molar-refractivity contribution is 7.92. The molecule has 1 aliphatic heterocycles. The molecule has 35 heavy (non-hydrogen) atoms. The Bertz CT molecular complexity index is 1290. The number of rotatable bonds is 7. The molecule has 0 N–H and O–H groups in total. The van der Waals surface area contributed by atoms with E-state index in [1.807, 2.05) is 24.3 Å². The summed E-state index contributed by atoms with van der Waals surface area (Å²) in [6.45, 7) is 1.84. The molecule has 1 fully saturated rings. The third-order valence-corrected chi connectivity index (χ3v) is 8.09. The smallest absolute Gasteiger partial charge is 0.264 e. The lowest BCUT2D eigenvalue weighted by Crippen LogP contribution is -2.52. The molecule has 0 saturated carbocycles. The van der Waals surface area contributed by atoms with Crippen molar-refractivity contribution in [1.29, 1.82) is 0 Å². The lowest BCUT2D eigenvalue weighted by atomic mass is 10.2. The van der Waals surface area contributed by atoms with Crippen molar-refractivity contribution in [2.45, 2.75) is 4.90 Å². The van der Waals surface area contributed by atoms with Crippen molar-refractivity contribution in [3.05, 3.63) is 82.8 Å². The van der Waals surface area contributed by atoms with Gasteiger partial charge in [-0.1, -0.05) is 35.3 Å². The highest BCUT2D eigenvalue weighted by Crippen LogP contribution is 2.28. The number of amides is 1. The van der Waals surface area contributed by atoms with E-state index in [2.05, 4.69) is 4.90 Å². The molecule has 3 aromatic rings. The highest BCUT2D eigenvalue weighted by Gasteiger charge is 2.30. The van der Waals surface area contributed by atoms with Crippen LogP contribution in [0.4, 0.5) is 11.4 Å². The van der Waals surface area contributed by atoms with Crippen LogP contribution in [0.25, 0.3) is 0 Å². The molecule has 7 nitrogen and oxygen atoms in total. The molecule has 1 amide bonds. The van der Waals surface area contributed by atoms with Gasteiger partial charge in [0.25, 0.3) is 10.0 Å². The first-order valence-electron chi connectivity index (χ1n) is 11.0. The molecule has 0 aliphatic carbocycles. The number of benzene rings is 3. The maximum absolute atomic E-state index is 13.6. The third-order valence-electron chi connectivity index (χ3n) is 5.83. The van der Waals surface area contributed by atoms with Gasteiger partial charge in [-0.3, -0.25) is 9.10 Å². The molecule has 0 atom stereocenters. The van der Waals surface area contributed by atoms with Crippen molar-refractivity contribution < 1.29 is 17.9 Å². The number of nitrogens with zero attached hydrogens (tertiary/aromatic N) is 3. The minimum atomic E-state index is -4.04. The lowest BCUT2D eigenvalue weighted by molar-refractivity contribution is -0.129. The van der Waals surface area contributed by atoms with Crippen LogP contribution in [0.15, 0.2) is 77.7 Å². The lowest BCUT2D eigenvalue weighted by Gasteiger charge is -2.37. The van der Waals surface area contributed by atoms with Crippen LogP contribution in [0.2, 0.25) is 10.0 Å². The molecule has 0 aromatic heterocycles. The first-order chi connectivity index (χ1) is 16.8. The molecule has 1 aliphatic rings. The van der Waals surface area contributed by atoms with E-state index in [0.717, 1.165) is 9.99 Å². The fourth-order valence-electron chi connectivity index (χ4n) is 3.93. The van der Waals surface area contributed by atoms with Crippen molar-refractivity contribution in [3.8, 4) is 5.75 Å². The quantitative estimate of drug-likeness (QED) is 0.445. The molecule has 0 bridgehead atoms. The summed E-state index contributed by atoms with van der Waals surface area (Å²) in [6, 6.07) is 20.1. The second-order valence-electron chi connectivity index (χ2n) is 8.01. The number of carbonyl (C=O) groups is 1. The standard InChI is InChI=1S/C25H25Cl2N3O4S/c1-34-23-8-10-24(11-9-23)35(32,33)30(22-7-3-5-20(27)17-22)18-25(31)29-14-12-28(13-15-29)21-6-2-4-19(26)16-21/h2-11,16-17H,12-15,18H2,1H3. The number of piperazine rings is 1. The molecule has 10 heteroatoms. The average molecular weight is 534 g/mol. The Morgan fingerprint density at radius 2 is 1.54 bits per heavy atom. The molecule has 0 radical (unpaired) electrons. The summed E-state index contributed by atoms with van der Waals surface area (Å²) in [5, 5.41) is 1.03. The van der Waals surface area contributed by atoms with E-state index in [1.54, 1.807) is 35.2 Å². The number of hydrogen-bond donors (Lipinski definition) is 0. The summed E-state index contributed by atoms with van der Waals surface area (Å²) in [7, 11) is -2.54. The normalized spacial score (nSPS) is 14.0. The zero-order chi connectivity index (χ0) is 25.0. The Morgan fingerprint density at radius 1 is 0.914 bits per heavy atom. The van der Waals surface area contributed by atoms with Gasteiger partial charge < -0.3 is 14.5 Å². The summed E-state index contributed by atoms with van der Waals surface area (Å²) < 4.78 is 33.4. The Kier molecular flexibility index (Phi) is 7.74. The largest absolute Gasteiger partial charge is 0.497 e. The van der Waals surface area contributed by atoms with Crippen LogP contribution in [0.1, 0.15) is 0 Å². The number of carbonyl (C=O) groups excluding carboxylic acids is 1.